The third kappa shape index (κ3) is 4.76. The highest BCUT2D eigenvalue weighted by Gasteiger charge is 2.44. The molecule has 6 rings (SSSR count). The van der Waals surface area contributed by atoms with E-state index in [2.05, 4.69) is 25.0 Å². The Labute approximate surface area is 225 Å². The van der Waals surface area contributed by atoms with Crippen LogP contribution in [0.2, 0.25) is 0 Å². The van der Waals surface area contributed by atoms with Crippen molar-refractivity contribution in [2.45, 2.75) is 37.2 Å². The molecule has 0 spiro atoms. The quantitative estimate of drug-likeness (QED) is 0.243. The van der Waals surface area contributed by atoms with Crippen molar-refractivity contribution in [1.82, 2.24) is 34.1 Å². The molecule has 4 aromatic heterocycles. The van der Waals surface area contributed by atoms with Gasteiger partial charge in [0.25, 0.3) is 0 Å². The van der Waals surface area contributed by atoms with Crippen LogP contribution in [0.3, 0.4) is 0 Å². The molecule has 41 heavy (non-hydrogen) atoms. The second-order valence-corrected chi connectivity index (χ2v) is 9.41. The maximum absolute atomic E-state index is 14.6. The summed E-state index contributed by atoms with van der Waals surface area (Å²) in [5.74, 6) is -2.84. The lowest BCUT2D eigenvalue weighted by Crippen LogP contribution is -2.23. The number of hydrogen-bond donors (Lipinski definition) is 0. The minimum absolute atomic E-state index is 0.0387. The fourth-order valence-corrected chi connectivity index (χ4v) is 4.98. The molecule has 9 nitrogen and oxygen atoms in total. The first-order valence-corrected chi connectivity index (χ1v) is 12.0. The lowest BCUT2D eigenvalue weighted by Gasteiger charge is -2.14. The lowest BCUT2D eigenvalue weighted by atomic mass is 10.0. The highest BCUT2D eigenvalue weighted by Crippen LogP contribution is 2.56. The number of aromatic nitrogens is 7. The van der Waals surface area contributed by atoms with Gasteiger partial charge in [-0.1, -0.05) is 6.07 Å². The summed E-state index contributed by atoms with van der Waals surface area (Å²) in [7, 11) is 2.76. The SMILES string of the molecule is COc1ncc(-c2cc([C@H]3C[C@@H]3c3ccc4nc(C(F)(F)F)n(CC(F)(F)F)c4c3)c3ncc(F)n3n2)c(OC)n1. The Hall–Kier alpha value is -4.50. The summed E-state index contributed by atoms with van der Waals surface area (Å²) in [6.45, 7) is -1.84. The van der Waals surface area contributed by atoms with Gasteiger partial charge in [-0.3, -0.25) is 0 Å². The van der Waals surface area contributed by atoms with Gasteiger partial charge in [0.15, 0.2) is 5.65 Å². The summed E-state index contributed by atoms with van der Waals surface area (Å²) in [5, 5.41) is 4.30. The van der Waals surface area contributed by atoms with Crippen LogP contribution < -0.4 is 9.47 Å². The minimum Gasteiger partial charge on any atom is -0.480 e. The number of imidazole rings is 2. The molecule has 1 saturated carbocycles. The Balaban J connectivity index is 1.42. The Morgan fingerprint density at radius 3 is 2.41 bits per heavy atom. The first kappa shape index (κ1) is 26.7. The van der Waals surface area contributed by atoms with E-state index in [1.54, 1.807) is 6.07 Å². The maximum atomic E-state index is 14.6. The van der Waals surface area contributed by atoms with Crippen LogP contribution in [-0.4, -0.2) is 54.5 Å². The van der Waals surface area contributed by atoms with E-state index in [0.29, 0.717) is 23.1 Å². The normalized spacial score (nSPS) is 17.4. The van der Waals surface area contributed by atoms with Gasteiger partial charge in [-0.15, -0.1) is 0 Å². The Kier molecular flexibility index (Phi) is 6.04. The van der Waals surface area contributed by atoms with Gasteiger partial charge in [0.2, 0.25) is 17.7 Å². The number of hydrogen-bond acceptors (Lipinski definition) is 7. The van der Waals surface area contributed by atoms with E-state index in [1.807, 2.05) is 0 Å². The molecule has 1 aromatic carbocycles. The molecule has 16 heteroatoms. The van der Waals surface area contributed by atoms with E-state index >= 15 is 0 Å². The third-order valence-corrected chi connectivity index (χ3v) is 6.82. The van der Waals surface area contributed by atoms with Gasteiger partial charge in [-0.25, -0.2) is 15.0 Å². The Morgan fingerprint density at radius 1 is 0.951 bits per heavy atom. The van der Waals surface area contributed by atoms with E-state index in [9.17, 15) is 30.7 Å². The van der Waals surface area contributed by atoms with Crippen LogP contribution in [0.15, 0.2) is 36.7 Å². The number of fused-ring (bicyclic) bond motifs is 2. The predicted octanol–water partition coefficient (Wildman–Crippen LogP) is 5.54. The van der Waals surface area contributed by atoms with Crippen LogP contribution in [0.25, 0.3) is 27.9 Å². The van der Waals surface area contributed by atoms with Crippen LogP contribution in [0, 0.1) is 5.95 Å². The summed E-state index contributed by atoms with van der Waals surface area (Å²) in [5.41, 5.74) is 1.38. The molecule has 214 valence electrons. The van der Waals surface area contributed by atoms with Crippen LogP contribution in [-0.2, 0) is 12.7 Å². The molecule has 0 aliphatic heterocycles. The molecule has 2 atom stereocenters. The highest BCUT2D eigenvalue weighted by molar-refractivity contribution is 5.78. The van der Waals surface area contributed by atoms with Crippen molar-refractivity contribution in [3.63, 3.8) is 0 Å². The number of halogens is 7. The molecule has 0 amide bonds. The van der Waals surface area contributed by atoms with Crippen LogP contribution in [0.1, 0.15) is 35.2 Å². The first-order valence-electron chi connectivity index (χ1n) is 12.0. The number of ether oxygens (including phenoxy) is 2. The number of methoxy groups -OCH3 is 2. The molecule has 0 N–H and O–H groups in total. The molecular weight excluding hydrogens is 563 g/mol. The second kappa shape index (κ2) is 9.27. The van der Waals surface area contributed by atoms with Gasteiger partial charge < -0.3 is 14.0 Å². The third-order valence-electron chi connectivity index (χ3n) is 6.82. The first-order chi connectivity index (χ1) is 19.4. The van der Waals surface area contributed by atoms with Gasteiger partial charge in [0.1, 0.15) is 6.54 Å². The number of rotatable bonds is 6. The van der Waals surface area contributed by atoms with Crippen LogP contribution in [0.4, 0.5) is 30.7 Å². The topological polar surface area (TPSA) is 92.3 Å². The molecule has 0 unspecified atom stereocenters. The van der Waals surface area contributed by atoms with Crippen molar-refractivity contribution in [3.05, 3.63) is 59.6 Å². The zero-order valence-corrected chi connectivity index (χ0v) is 21.1. The number of alkyl halides is 6. The van der Waals surface area contributed by atoms with Gasteiger partial charge >= 0.3 is 18.4 Å². The largest absolute Gasteiger partial charge is 0.480 e. The summed E-state index contributed by atoms with van der Waals surface area (Å²) < 4.78 is 106. The zero-order valence-electron chi connectivity index (χ0n) is 21.1. The lowest BCUT2D eigenvalue weighted by molar-refractivity contribution is -0.160. The summed E-state index contributed by atoms with van der Waals surface area (Å²) in [6, 6.07) is 5.79. The van der Waals surface area contributed by atoms with Gasteiger partial charge in [-0.2, -0.15) is 45.3 Å². The van der Waals surface area contributed by atoms with E-state index in [4.69, 9.17) is 9.47 Å². The van der Waals surface area contributed by atoms with Crippen molar-refractivity contribution in [1.29, 1.82) is 0 Å². The summed E-state index contributed by atoms with van der Waals surface area (Å²) in [6.07, 6.45) is -7.11. The zero-order chi connectivity index (χ0) is 29.3. The fraction of sp³-hybridized carbons (Fsp3) is 0.320. The molecular formula is C25H18F7N7O2. The minimum atomic E-state index is -5.08. The standard InChI is InChI=1S/C25H18F7N7O2/c1-40-21-15(8-34-23(36-21)41-2)17-7-14(20-33-9-19(26)39(20)37-17)13-6-12(13)11-3-4-16-18(5-11)38(10-24(27,28)29)22(35-16)25(30,31)32/h3-5,7-9,12-13H,6,10H2,1-2H3/t12-,13+/m1/s1. The molecule has 1 aliphatic rings. The average molecular weight is 581 g/mol. The Bertz CT molecular complexity index is 1800. The van der Waals surface area contributed by atoms with Crippen molar-refractivity contribution in [2.75, 3.05) is 14.2 Å². The molecule has 5 aromatic rings. The van der Waals surface area contributed by atoms with Crippen LogP contribution >= 0.6 is 0 Å². The van der Waals surface area contributed by atoms with Gasteiger partial charge in [-0.05, 0) is 42.0 Å². The van der Waals surface area contributed by atoms with Crippen molar-refractivity contribution in [3.8, 4) is 23.1 Å². The van der Waals surface area contributed by atoms with Gasteiger partial charge in [0, 0.05) is 11.8 Å². The second-order valence-electron chi connectivity index (χ2n) is 9.41. The van der Waals surface area contributed by atoms with E-state index in [1.165, 1.54) is 38.6 Å². The molecule has 1 fully saturated rings. The summed E-state index contributed by atoms with van der Waals surface area (Å²) >= 11 is 0. The van der Waals surface area contributed by atoms with Crippen molar-refractivity contribution in [2.24, 2.45) is 0 Å². The Morgan fingerprint density at radius 2 is 1.73 bits per heavy atom. The maximum Gasteiger partial charge on any atom is 0.449 e. The summed E-state index contributed by atoms with van der Waals surface area (Å²) in [4.78, 5) is 15.7. The van der Waals surface area contributed by atoms with E-state index in [-0.39, 0.29) is 50.7 Å². The van der Waals surface area contributed by atoms with Crippen LogP contribution in [0.5, 0.6) is 11.9 Å². The van der Waals surface area contributed by atoms with Crippen molar-refractivity contribution < 1.29 is 40.2 Å². The average Bonchev–Trinajstić information content (AvgIpc) is 3.52. The monoisotopic (exact) mass is 581 g/mol. The van der Waals surface area contributed by atoms with Gasteiger partial charge in [0.05, 0.1) is 42.7 Å². The highest BCUT2D eigenvalue weighted by atomic mass is 19.4. The molecule has 0 radical (unpaired) electrons. The molecule has 0 saturated heterocycles. The number of benzene rings is 1. The number of nitrogens with zero attached hydrogens (tertiary/aromatic N) is 7. The van der Waals surface area contributed by atoms with E-state index in [0.717, 1.165) is 10.7 Å². The fourth-order valence-electron chi connectivity index (χ4n) is 4.98. The molecule has 0 bridgehead atoms. The molecule has 4 heterocycles. The smallest absolute Gasteiger partial charge is 0.449 e. The molecule has 1 aliphatic carbocycles. The predicted molar refractivity (Wildman–Crippen MR) is 128 cm³/mol. The van der Waals surface area contributed by atoms with E-state index < -0.39 is 30.7 Å². The van der Waals surface area contributed by atoms with Crippen molar-refractivity contribution >= 4 is 16.7 Å².